The van der Waals surface area contributed by atoms with Crippen molar-refractivity contribution in [3.63, 3.8) is 0 Å². The molecule has 0 aliphatic heterocycles. The van der Waals surface area contributed by atoms with Crippen molar-refractivity contribution in [2.24, 2.45) is 16.8 Å². The monoisotopic (exact) mass is 337 g/mol. The van der Waals surface area contributed by atoms with E-state index in [1.165, 1.54) is 6.92 Å². The molecule has 5 N–H and O–H groups in total. The summed E-state index contributed by atoms with van der Waals surface area (Å²) in [7, 11) is -3.90. The first-order valence-electron chi connectivity index (χ1n) is 6.33. The predicted molar refractivity (Wildman–Crippen MR) is 79.7 cm³/mol. The van der Waals surface area contributed by atoms with E-state index in [4.69, 9.17) is 15.3 Å². The third kappa shape index (κ3) is 3.76. The second-order valence-corrected chi connectivity index (χ2v) is 6.96. The molecule has 120 valence electrons. The maximum Gasteiger partial charge on any atom is 0.287 e. The summed E-state index contributed by atoms with van der Waals surface area (Å²) in [4.78, 5) is 12.0. The maximum atomic E-state index is 12.1. The summed E-state index contributed by atoms with van der Waals surface area (Å²) in [6.07, 6.45) is 2.04. The van der Waals surface area contributed by atoms with Crippen molar-refractivity contribution in [1.29, 1.82) is 0 Å². The summed E-state index contributed by atoms with van der Waals surface area (Å²) in [5.74, 6) is -0.113. The van der Waals surface area contributed by atoms with Crippen molar-refractivity contribution in [2.75, 3.05) is 6.54 Å². The van der Waals surface area contributed by atoms with Gasteiger partial charge in [0.1, 0.15) is 10.7 Å². The Morgan fingerprint density at radius 1 is 1.52 bits per heavy atom. The van der Waals surface area contributed by atoms with E-state index in [0.29, 0.717) is 12.5 Å². The van der Waals surface area contributed by atoms with E-state index in [-0.39, 0.29) is 28.8 Å². The Labute approximate surface area is 129 Å². The molecule has 0 aromatic carbocycles. The fraction of sp³-hybridized carbons (Fsp3) is 0.583. The van der Waals surface area contributed by atoms with E-state index in [9.17, 15) is 13.2 Å². The third-order valence-corrected chi connectivity index (χ3v) is 4.72. The number of primary sulfonamides is 1. The van der Waals surface area contributed by atoms with Crippen LogP contribution in [0.4, 0.5) is 0 Å². The fourth-order valence-electron chi connectivity index (χ4n) is 2.22. The first-order valence-corrected chi connectivity index (χ1v) is 7.88. The molecular weight excluding hydrogens is 318 g/mol. The molecule has 9 heteroatoms. The molecule has 21 heavy (non-hydrogen) atoms. The molecule has 7 nitrogen and oxygen atoms in total. The van der Waals surface area contributed by atoms with Crippen molar-refractivity contribution in [3.05, 3.63) is 17.6 Å². The summed E-state index contributed by atoms with van der Waals surface area (Å²) in [6.45, 7) is 3.63. The number of carbonyl (C=O) groups is 1. The normalized spacial score (nSPS) is 17.7. The number of nitrogens with two attached hydrogens (primary N) is 2. The molecule has 1 saturated carbocycles. The van der Waals surface area contributed by atoms with Crippen LogP contribution in [-0.4, -0.2) is 26.4 Å². The fourth-order valence-corrected chi connectivity index (χ4v) is 2.93. The van der Waals surface area contributed by atoms with Gasteiger partial charge in [0, 0.05) is 12.6 Å². The van der Waals surface area contributed by atoms with Gasteiger partial charge in [0.25, 0.3) is 5.91 Å². The Morgan fingerprint density at radius 3 is 2.48 bits per heavy atom. The number of hydrogen-bond donors (Lipinski definition) is 3. The Morgan fingerprint density at radius 2 is 2.10 bits per heavy atom. The minimum absolute atomic E-state index is 0. The zero-order chi connectivity index (χ0) is 15.1. The highest BCUT2D eigenvalue weighted by atomic mass is 35.5. The Balaban J connectivity index is 0.00000220. The highest BCUT2D eigenvalue weighted by molar-refractivity contribution is 7.89. The van der Waals surface area contributed by atoms with Crippen LogP contribution in [0, 0.1) is 12.8 Å². The van der Waals surface area contributed by atoms with Gasteiger partial charge in [0.2, 0.25) is 10.0 Å². The van der Waals surface area contributed by atoms with Gasteiger partial charge in [-0.1, -0.05) is 0 Å². The van der Waals surface area contributed by atoms with Crippen LogP contribution in [0.5, 0.6) is 0 Å². The molecule has 0 spiro atoms. The molecule has 1 aliphatic carbocycles. The molecule has 0 radical (unpaired) electrons. The number of nitrogens with one attached hydrogen (secondary N) is 1. The lowest BCUT2D eigenvalue weighted by Gasteiger charge is -2.28. The SMILES string of the molecule is Cc1oc(C(=O)NC(C)(CN)C2CC2)cc1S(N)(=O)=O.Cl. The van der Waals surface area contributed by atoms with Crippen molar-refractivity contribution in [2.45, 2.75) is 37.1 Å². The minimum atomic E-state index is -3.90. The lowest BCUT2D eigenvalue weighted by Crippen LogP contribution is -2.53. The molecule has 1 amide bonds. The van der Waals surface area contributed by atoms with Crippen LogP contribution in [0.25, 0.3) is 0 Å². The number of amides is 1. The Hall–Kier alpha value is -1.09. The van der Waals surface area contributed by atoms with E-state index in [2.05, 4.69) is 5.32 Å². The molecular formula is C12H20ClN3O4S. The average molecular weight is 338 g/mol. The summed E-state index contributed by atoms with van der Waals surface area (Å²) >= 11 is 0. The molecule has 1 fully saturated rings. The van der Waals surface area contributed by atoms with Crippen LogP contribution < -0.4 is 16.2 Å². The Kier molecular flexibility index (Phi) is 5.09. The zero-order valence-corrected chi connectivity index (χ0v) is 13.5. The van der Waals surface area contributed by atoms with E-state index < -0.39 is 21.5 Å². The molecule has 2 rings (SSSR count). The van der Waals surface area contributed by atoms with E-state index in [1.807, 2.05) is 6.92 Å². The number of furan rings is 1. The first-order chi connectivity index (χ1) is 9.17. The molecule has 1 heterocycles. The van der Waals surface area contributed by atoms with Gasteiger partial charge in [-0.25, -0.2) is 13.6 Å². The van der Waals surface area contributed by atoms with E-state index in [0.717, 1.165) is 18.9 Å². The lowest BCUT2D eigenvalue weighted by molar-refractivity contribution is 0.0868. The molecule has 0 saturated heterocycles. The number of halogens is 1. The second-order valence-electron chi connectivity index (χ2n) is 5.43. The van der Waals surface area contributed by atoms with Gasteiger partial charge >= 0.3 is 0 Å². The average Bonchev–Trinajstić information content (AvgIpc) is 3.11. The van der Waals surface area contributed by atoms with Crippen LogP contribution in [-0.2, 0) is 10.0 Å². The zero-order valence-electron chi connectivity index (χ0n) is 11.9. The molecule has 1 atom stereocenters. The molecule has 1 aliphatic rings. The highest BCUT2D eigenvalue weighted by Gasteiger charge is 2.42. The van der Waals surface area contributed by atoms with Gasteiger partial charge < -0.3 is 15.5 Å². The smallest absolute Gasteiger partial charge is 0.287 e. The van der Waals surface area contributed by atoms with Gasteiger partial charge in [0.05, 0.1) is 5.54 Å². The topological polar surface area (TPSA) is 128 Å². The van der Waals surface area contributed by atoms with Crippen LogP contribution in [0.15, 0.2) is 15.4 Å². The maximum absolute atomic E-state index is 12.1. The van der Waals surface area contributed by atoms with Crippen LogP contribution in [0.3, 0.4) is 0 Å². The van der Waals surface area contributed by atoms with Gasteiger partial charge in [0.15, 0.2) is 5.76 Å². The summed E-state index contributed by atoms with van der Waals surface area (Å²) in [5.41, 5.74) is 5.22. The number of carbonyl (C=O) groups excluding carboxylic acids is 1. The van der Waals surface area contributed by atoms with E-state index in [1.54, 1.807) is 0 Å². The molecule has 1 aromatic heterocycles. The van der Waals surface area contributed by atoms with Gasteiger partial charge in [-0.15, -0.1) is 12.4 Å². The third-order valence-electron chi connectivity index (χ3n) is 3.70. The summed E-state index contributed by atoms with van der Waals surface area (Å²) in [5, 5.41) is 7.86. The van der Waals surface area contributed by atoms with E-state index >= 15 is 0 Å². The standard InChI is InChI=1S/C12H19N3O4S.ClH/c1-7-10(20(14,17)18)5-9(19-7)11(16)15-12(2,6-13)8-3-4-8;/h5,8H,3-4,6,13H2,1-2H3,(H,15,16)(H2,14,17,18);1H. The quantitative estimate of drug-likeness (QED) is 0.721. The van der Waals surface area contributed by atoms with Crippen LogP contribution in [0.1, 0.15) is 36.1 Å². The number of rotatable bonds is 5. The van der Waals surface area contributed by atoms with Crippen molar-refractivity contribution in [1.82, 2.24) is 5.32 Å². The second kappa shape index (κ2) is 5.96. The Bertz CT molecular complexity index is 639. The highest BCUT2D eigenvalue weighted by Crippen LogP contribution is 2.39. The van der Waals surface area contributed by atoms with Gasteiger partial charge in [-0.2, -0.15) is 0 Å². The first kappa shape index (κ1) is 18.0. The van der Waals surface area contributed by atoms with Crippen molar-refractivity contribution < 1.29 is 17.6 Å². The molecule has 1 unspecified atom stereocenters. The van der Waals surface area contributed by atoms with Gasteiger partial charge in [-0.3, -0.25) is 4.79 Å². The number of aryl methyl sites for hydroxylation is 1. The summed E-state index contributed by atoms with van der Waals surface area (Å²) in [6, 6.07) is 1.14. The summed E-state index contributed by atoms with van der Waals surface area (Å²) < 4.78 is 27.8. The predicted octanol–water partition coefficient (Wildman–Crippen LogP) is 0.514. The molecule has 1 aromatic rings. The lowest BCUT2D eigenvalue weighted by atomic mass is 9.96. The van der Waals surface area contributed by atoms with Crippen LogP contribution >= 0.6 is 12.4 Å². The largest absolute Gasteiger partial charge is 0.455 e. The number of sulfonamides is 1. The molecule has 0 bridgehead atoms. The van der Waals surface area contributed by atoms with Gasteiger partial charge in [-0.05, 0) is 32.6 Å². The number of hydrogen-bond acceptors (Lipinski definition) is 5. The van der Waals surface area contributed by atoms with Crippen molar-refractivity contribution in [3.8, 4) is 0 Å². The van der Waals surface area contributed by atoms with Crippen molar-refractivity contribution >= 4 is 28.3 Å². The van der Waals surface area contributed by atoms with Crippen LogP contribution in [0.2, 0.25) is 0 Å². The minimum Gasteiger partial charge on any atom is -0.455 e.